The van der Waals surface area contributed by atoms with E-state index in [9.17, 15) is 0 Å². The lowest BCUT2D eigenvalue weighted by Crippen LogP contribution is -2.00. The van der Waals surface area contributed by atoms with E-state index in [0.717, 1.165) is 17.1 Å². The van der Waals surface area contributed by atoms with Gasteiger partial charge in [0.2, 0.25) is 5.89 Å². The molecule has 5 nitrogen and oxygen atoms in total. The van der Waals surface area contributed by atoms with Gasteiger partial charge in [0, 0.05) is 12.3 Å². The topological polar surface area (TPSA) is 63.8 Å². The van der Waals surface area contributed by atoms with Gasteiger partial charge >= 0.3 is 6.01 Å². The molecule has 2 aromatic rings. The van der Waals surface area contributed by atoms with E-state index < -0.39 is 0 Å². The maximum atomic E-state index is 5.18. The van der Waals surface area contributed by atoms with Crippen LogP contribution in [0.4, 0.5) is 6.01 Å². The van der Waals surface area contributed by atoms with Crippen molar-refractivity contribution < 1.29 is 4.42 Å². The Morgan fingerprint density at radius 2 is 2.33 bits per heavy atom. The molecule has 6 heteroatoms. The molecule has 0 amide bonds. The molecule has 15 heavy (non-hydrogen) atoms. The van der Waals surface area contributed by atoms with Gasteiger partial charge in [-0.2, -0.15) is 0 Å². The zero-order valence-corrected chi connectivity index (χ0v) is 9.47. The van der Waals surface area contributed by atoms with Gasteiger partial charge in [-0.25, -0.2) is 4.98 Å². The van der Waals surface area contributed by atoms with E-state index in [1.165, 1.54) is 0 Å². The Labute approximate surface area is 91.6 Å². The van der Waals surface area contributed by atoms with Crippen LogP contribution in [0, 0.1) is 6.92 Å². The number of nitrogens with zero attached hydrogens (tertiary/aromatic N) is 3. The normalized spacial score (nSPS) is 10.5. The molecular formula is C9H12N4OS. The van der Waals surface area contributed by atoms with E-state index in [1.807, 2.05) is 5.38 Å². The number of aromatic nitrogens is 3. The van der Waals surface area contributed by atoms with Gasteiger partial charge in [-0.15, -0.1) is 16.4 Å². The van der Waals surface area contributed by atoms with Gasteiger partial charge in [-0.1, -0.05) is 12.0 Å². The molecule has 1 N–H and O–H groups in total. The van der Waals surface area contributed by atoms with E-state index in [2.05, 4.69) is 27.4 Å². The molecule has 2 aromatic heterocycles. The predicted molar refractivity (Wildman–Crippen MR) is 57.9 cm³/mol. The van der Waals surface area contributed by atoms with Gasteiger partial charge in [0.15, 0.2) is 0 Å². The van der Waals surface area contributed by atoms with Crippen molar-refractivity contribution in [3.05, 3.63) is 22.0 Å². The highest BCUT2D eigenvalue weighted by Crippen LogP contribution is 2.12. The van der Waals surface area contributed by atoms with Gasteiger partial charge in [-0.05, 0) is 6.42 Å². The van der Waals surface area contributed by atoms with Crippen LogP contribution in [0.3, 0.4) is 0 Å². The average molecular weight is 224 g/mol. The highest BCUT2D eigenvalue weighted by Gasteiger charge is 2.03. The first-order chi connectivity index (χ1) is 7.28. The smallest absolute Gasteiger partial charge is 0.315 e. The van der Waals surface area contributed by atoms with Crippen molar-refractivity contribution in [3.8, 4) is 0 Å². The molecule has 0 spiro atoms. The number of hydrogen-bond acceptors (Lipinski definition) is 6. The maximum Gasteiger partial charge on any atom is 0.315 e. The largest absolute Gasteiger partial charge is 0.408 e. The molecule has 2 heterocycles. The highest BCUT2D eigenvalue weighted by molar-refractivity contribution is 7.09. The fraction of sp³-hybridized carbons (Fsp3) is 0.444. The van der Waals surface area contributed by atoms with Crippen molar-refractivity contribution in [2.75, 3.05) is 5.32 Å². The molecule has 0 aliphatic rings. The molecule has 0 fully saturated rings. The zero-order valence-electron chi connectivity index (χ0n) is 8.65. The first-order valence-corrected chi connectivity index (χ1v) is 5.63. The van der Waals surface area contributed by atoms with Crippen molar-refractivity contribution in [2.24, 2.45) is 0 Å². The molecule has 0 aliphatic heterocycles. The van der Waals surface area contributed by atoms with E-state index in [1.54, 1.807) is 18.3 Å². The summed E-state index contributed by atoms with van der Waals surface area (Å²) in [5.74, 6) is 0.560. The molecule has 0 aromatic carbocycles. The Morgan fingerprint density at radius 1 is 1.47 bits per heavy atom. The minimum Gasteiger partial charge on any atom is -0.408 e. The molecule has 2 rings (SSSR count). The predicted octanol–water partition coefficient (Wildman–Crippen LogP) is 2.01. The van der Waals surface area contributed by atoms with Gasteiger partial charge in [0.25, 0.3) is 0 Å². The van der Waals surface area contributed by atoms with Crippen molar-refractivity contribution in [3.63, 3.8) is 0 Å². The number of aryl methyl sites for hydroxylation is 2. The number of thiazole rings is 1. The van der Waals surface area contributed by atoms with Crippen LogP contribution in [-0.2, 0) is 13.0 Å². The van der Waals surface area contributed by atoms with Crippen LogP contribution in [0.15, 0.2) is 9.80 Å². The number of hydrogen-bond donors (Lipinski definition) is 1. The maximum absolute atomic E-state index is 5.18. The lowest BCUT2D eigenvalue weighted by molar-refractivity contribution is 0.530. The highest BCUT2D eigenvalue weighted by atomic mass is 32.1. The molecule has 80 valence electrons. The molecule has 0 aliphatic carbocycles. The lowest BCUT2D eigenvalue weighted by atomic mass is 10.4. The summed E-state index contributed by atoms with van der Waals surface area (Å²) in [7, 11) is 0. The summed E-state index contributed by atoms with van der Waals surface area (Å²) in [6, 6.07) is 0.443. The fourth-order valence-corrected chi connectivity index (χ4v) is 1.87. The lowest BCUT2D eigenvalue weighted by Gasteiger charge is -1.96. The standard InChI is InChI=1S/C9H12N4OS/c1-3-8-11-7(5-15-8)4-10-9-13-12-6(2)14-9/h5H,3-4H2,1-2H3,(H,10,13). The third-order valence-electron chi connectivity index (χ3n) is 1.85. The van der Waals surface area contributed by atoms with Gasteiger partial charge in [-0.3, -0.25) is 0 Å². The monoisotopic (exact) mass is 224 g/mol. The molecule has 0 saturated heterocycles. The van der Waals surface area contributed by atoms with Crippen LogP contribution in [-0.4, -0.2) is 15.2 Å². The SMILES string of the molecule is CCc1nc(CNc2nnc(C)o2)cs1. The van der Waals surface area contributed by atoms with E-state index in [-0.39, 0.29) is 0 Å². The van der Waals surface area contributed by atoms with Crippen LogP contribution in [0.25, 0.3) is 0 Å². The minimum absolute atomic E-state index is 0.443. The zero-order chi connectivity index (χ0) is 10.7. The summed E-state index contributed by atoms with van der Waals surface area (Å²) < 4.78 is 5.18. The second-order valence-corrected chi connectivity index (χ2v) is 4.01. The van der Waals surface area contributed by atoms with Crippen LogP contribution in [0.5, 0.6) is 0 Å². The fourth-order valence-electron chi connectivity index (χ4n) is 1.13. The van der Waals surface area contributed by atoms with E-state index >= 15 is 0 Å². The minimum atomic E-state index is 0.443. The Balaban J connectivity index is 1.93. The first-order valence-electron chi connectivity index (χ1n) is 4.75. The van der Waals surface area contributed by atoms with Gasteiger partial charge in [0.1, 0.15) is 0 Å². The van der Waals surface area contributed by atoms with Crippen molar-refractivity contribution in [1.29, 1.82) is 0 Å². The summed E-state index contributed by atoms with van der Waals surface area (Å²) in [6.07, 6.45) is 0.977. The quantitative estimate of drug-likeness (QED) is 0.860. The van der Waals surface area contributed by atoms with Crippen LogP contribution in [0.1, 0.15) is 23.5 Å². The summed E-state index contributed by atoms with van der Waals surface area (Å²) in [5.41, 5.74) is 1.01. The molecule has 0 unspecified atom stereocenters. The van der Waals surface area contributed by atoms with Gasteiger partial charge in [0.05, 0.1) is 17.2 Å². The first kappa shape index (κ1) is 10.1. The molecule has 0 bridgehead atoms. The second-order valence-electron chi connectivity index (χ2n) is 3.07. The summed E-state index contributed by atoms with van der Waals surface area (Å²) in [4.78, 5) is 4.42. The Morgan fingerprint density at radius 3 is 2.93 bits per heavy atom. The Hall–Kier alpha value is -1.43. The second kappa shape index (κ2) is 4.39. The Bertz CT molecular complexity index is 437. The third-order valence-corrected chi connectivity index (χ3v) is 2.89. The summed E-state index contributed by atoms with van der Waals surface area (Å²) in [6.45, 7) is 4.48. The van der Waals surface area contributed by atoms with Crippen LogP contribution in [0.2, 0.25) is 0 Å². The van der Waals surface area contributed by atoms with Crippen molar-refractivity contribution in [1.82, 2.24) is 15.2 Å². The average Bonchev–Trinajstić information content (AvgIpc) is 2.83. The van der Waals surface area contributed by atoms with Crippen LogP contribution >= 0.6 is 11.3 Å². The van der Waals surface area contributed by atoms with Crippen molar-refractivity contribution >= 4 is 17.4 Å². The van der Waals surface area contributed by atoms with Crippen LogP contribution < -0.4 is 5.32 Å². The number of nitrogens with one attached hydrogen (secondary N) is 1. The van der Waals surface area contributed by atoms with E-state index in [4.69, 9.17) is 4.42 Å². The molecular weight excluding hydrogens is 212 g/mol. The van der Waals surface area contributed by atoms with Gasteiger partial charge < -0.3 is 9.73 Å². The van der Waals surface area contributed by atoms with E-state index in [0.29, 0.717) is 18.5 Å². The molecule has 0 saturated carbocycles. The van der Waals surface area contributed by atoms with Crippen molar-refractivity contribution in [2.45, 2.75) is 26.8 Å². The number of anilines is 1. The summed E-state index contributed by atoms with van der Waals surface area (Å²) in [5, 5.41) is 13.8. The molecule has 0 atom stereocenters. The number of rotatable bonds is 4. The Kier molecular flexibility index (Phi) is 2.96. The summed E-state index contributed by atoms with van der Waals surface area (Å²) >= 11 is 1.67. The molecule has 0 radical (unpaired) electrons. The third kappa shape index (κ3) is 2.53.